The van der Waals surface area contributed by atoms with Gasteiger partial charge in [-0.15, -0.1) is 0 Å². The summed E-state index contributed by atoms with van der Waals surface area (Å²) in [6, 6.07) is 13.6. The molecule has 0 aliphatic rings. The third-order valence-electron chi connectivity index (χ3n) is 2.97. The lowest BCUT2D eigenvalue weighted by atomic mass is 10.1. The van der Waals surface area contributed by atoms with Crippen LogP contribution in [0.15, 0.2) is 48.7 Å². The summed E-state index contributed by atoms with van der Waals surface area (Å²) >= 11 is 0. The molecule has 1 N–H and O–H groups in total. The topological polar surface area (TPSA) is 82.9 Å². The van der Waals surface area contributed by atoms with Gasteiger partial charge in [0.2, 0.25) is 10.0 Å². The summed E-state index contributed by atoms with van der Waals surface area (Å²) in [4.78, 5) is 4.12. The van der Waals surface area contributed by atoms with Crippen LogP contribution < -0.4 is 4.72 Å². The van der Waals surface area contributed by atoms with E-state index in [0.29, 0.717) is 16.8 Å². The lowest BCUT2D eigenvalue weighted by molar-refractivity contribution is 0.563. The van der Waals surface area contributed by atoms with Gasteiger partial charge in [-0.1, -0.05) is 24.3 Å². The second kappa shape index (κ2) is 6.48. The Morgan fingerprint density at radius 3 is 2.62 bits per heavy atom. The van der Waals surface area contributed by atoms with Gasteiger partial charge in [0.05, 0.1) is 29.1 Å². The number of rotatable bonds is 5. The number of benzene rings is 1. The number of nitriles is 1. The van der Waals surface area contributed by atoms with Crippen molar-refractivity contribution in [1.29, 1.82) is 5.26 Å². The average Bonchev–Trinajstić information content (AvgIpc) is 2.47. The molecule has 1 aromatic heterocycles. The zero-order valence-electron chi connectivity index (χ0n) is 11.5. The van der Waals surface area contributed by atoms with Crippen LogP contribution in [0.5, 0.6) is 0 Å². The van der Waals surface area contributed by atoms with Crippen LogP contribution in [0.25, 0.3) is 0 Å². The van der Waals surface area contributed by atoms with Crippen molar-refractivity contribution < 1.29 is 8.42 Å². The van der Waals surface area contributed by atoms with Gasteiger partial charge < -0.3 is 0 Å². The normalized spacial score (nSPS) is 12.6. The van der Waals surface area contributed by atoms with Crippen LogP contribution in [-0.4, -0.2) is 13.4 Å². The number of hydrogen-bond donors (Lipinski definition) is 1. The maximum Gasteiger partial charge on any atom is 0.216 e. The van der Waals surface area contributed by atoms with E-state index in [1.807, 2.05) is 6.07 Å². The molecule has 0 aliphatic heterocycles. The van der Waals surface area contributed by atoms with Crippen molar-refractivity contribution in [3.05, 3.63) is 65.5 Å². The average molecular weight is 301 g/mol. The summed E-state index contributed by atoms with van der Waals surface area (Å²) in [6.45, 7) is 1.73. The third kappa shape index (κ3) is 4.12. The van der Waals surface area contributed by atoms with Gasteiger partial charge in [0.1, 0.15) is 0 Å². The predicted molar refractivity (Wildman–Crippen MR) is 79.6 cm³/mol. The van der Waals surface area contributed by atoms with Crippen molar-refractivity contribution in [2.24, 2.45) is 0 Å². The first-order valence-electron chi connectivity index (χ1n) is 6.41. The minimum absolute atomic E-state index is 0.228. The first-order chi connectivity index (χ1) is 10.0. The van der Waals surface area contributed by atoms with E-state index in [-0.39, 0.29) is 5.75 Å². The summed E-state index contributed by atoms with van der Waals surface area (Å²) in [5, 5.41) is 9.00. The number of hydrogen-bond acceptors (Lipinski definition) is 4. The largest absolute Gasteiger partial charge is 0.260 e. The highest BCUT2D eigenvalue weighted by Crippen LogP contribution is 2.14. The van der Waals surface area contributed by atoms with Crippen LogP contribution in [0.3, 0.4) is 0 Å². The van der Waals surface area contributed by atoms with Crippen molar-refractivity contribution in [3.8, 4) is 6.07 Å². The lowest BCUT2D eigenvalue weighted by Gasteiger charge is -2.14. The van der Waals surface area contributed by atoms with Crippen LogP contribution in [0.4, 0.5) is 0 Å². The Morgan fingerprint density at radius 1 is 1.24 bits per heavy atom. The fourth-order valence-electron chi connectivity index (χ4n) is 1.96. The highest BCUT2D eigenvalue weighted by Gasteiger charge is 2.18. The molecular weight excluding hydrogens is 286 g/mol. The van der Waals surface area contributed by atoms with Crippen LogP contribution in [0.2, 0.25) is 0 Å². The van der Waals surface area contributed by atoms with E-state index in [1.54, 1.807) is 55.6 Å². The molecule has 0 aliphatic carbocycles. The van der Waals surface area contributed by atoms with E-state index in [4.69, 9.17) is 5.26 Å². The van der Waals surface area contributed by atoms with Crippen LogP contribution in [0, 0.1) is 11.3 Å². The Labute approximate surface area is 124 Å². The Kier molecular flexibility index (Phi) is 4.68. The summed E-state index contributed by atoms with van der Waals surface area (Å²) in [6.07, 6.45) is 1.62. The van der Waals surface area contributed by atoms with E-state index in [2.05, 4.69) is 9.71 Å². The second-order valence-electron chi connectivity index (χ2n) is 4.62. The summed E-state index contributed by atoms with van der Waals surface area (Å²) in [7, 11) is -3.56. The smallest absolute Gasteiger partial charge is 0.216 e. The molecule has 21 heavy (non-hydrogen) atoms. The maximum atomic E-state index is 12.2. The van der Waals surface area contributed by atoms with Crippen LogP contribution >= 0.6 is 0 Å². The van der Waals surface area contributed by atoms with Crippen molar-refractivity contribution in [3.63, 3.8) is 0 Å². The molecule has 1 unspecified atom stereocenters. The summed E-state index contributed by atoms with van der Waals surface area (Å²) < 4.78 is 27.0. The predicted octanol–water partition coefficient (Wildman–Crippen LogP) is 2.13. The minimum Gasteiger partial charge on any atom is -0.260 e. The van der Waals surface area contributed by atoms with Crippen LogP contribution in [0.1, 0.15) is 29.8 Å². The van der Waals surface area contributed by atoms with E-state index in [1.165, 1.54) is 0 Å². The summed E-state index contributed by atoms with van der Waals surface area (Å²) in [5.41, 5.74) is 1.50. The highest BCUT2D eigenvalue weighted by atomic mass is 32.2. The maximum absolute atomic E-state index is 12.2. The second-order valence-corrected chi connectivity index (χ2v) is 6.38. The molecule has 1 atom stereocenters. The van der Waals surface area contributed by atoms with Gasteiger partial charge in [-0.25, -0.2) is 13.1 Å². The van der Waals surface area contributed by atoms with Gasteiger partial charge in [-0.2, -0.15) is 5.26 Å². The number of pyridine rings is 1. The van der Waals surface area contributed by atoms with E-state index in [0.717, 1.165) is 0 Å². The van der Waals surface area contributed by atoms with E-state index in [9.17, 15) is 8.42 Å². The molecule has 0 amide bonds. The van der Waals surface area contributed by atoms with E-state index < -0.39 is 16.1 Å². The van der Waals surface area contributed by atoms with Gasteiger partial charge in [0, 0.05) is 6.20 Å². The molecule has 0 radical (unpaired) electrons. The Balaban J connectivity index is 2.14. The van der Waals surface area contributed by atoms with E-state index >= 15 is 0 Å². The van der Waals surface area contributed by atoms with Crippen molar-refractivity contribution in [2.45, 2.75) is 18.7 Å². The lowest BCUT2D eigenvalue weighted by Crippen LogP contribution is -2.28. The molecule has 0 spiro atoms. The third-order valence-corrected chi connectivity index (χ3v) is 4.37. The van der Waals surface area contributed by atoms with Crippen molar-refractivity contribution >= 4 is 10.0 Å². The number of nitrogens with zero attached hydrogens (tertiary/aromatic N) is 2. The molecule has 0 fully saturated rings. The Hall–Kier alpha value is -2.23. The van der Waals surface area contributed by atoms with Crippen molar-refractivity contribution in [1.82, 2.24) is 9.71 Å². The van der Waals surface area contributed by atoms with Gasteiger partial charge in [0.25, 0.3) is 0 Å². The molecule has 0 bridgehead atoms. The van der Waals surface area contributed by atoms with Gasteiger partial charge in [0.15, 0.2) is 0 Å². The SMILES string of the molecule is CC(NS(=O)(=O)Cc1ccccc1C#N)c1ccccn1. The Morgan fingerprint density at radius 2 is 1.95 bits per heavy atom. The first-order valence-corrected chi connectivity index (χ1v) is 8.06. The molecular formula is C15H15N3O2S. The van der Waals surface area contributed by atoms with Gasteiger partial charge in [-0.05, 0) is 30.7 Å². The zero-order chi connectivity index (χ0) is 15.3. The Bertz CT molecular complexity index is 752. The summed E-state index contributed by atoms with van der Waals surface area (Å²) in [5.74, 6) is -0.228. The van der Waals surface area contributed by atoms with Crippen LogP contribution in [-0.2, 0) is 15.8 Å². The number of aromatic nitrogens is 1. The molecule has 1 aromatic carbocycles. The quantitative estimate of drug-likeness (QED) is 0.917. The molecule has 0 saturated heterocycles. The minimum atomic E-state index is -3.56. The fourth-order valence-corrected chi connectivity index (χ4v) is 3.37. The molecule has 2 aromatic rings. The fraction of sp³-hybridized carbons (Fsp3) is 0.200. The molecule has 108 valence electrons. The molecule has 0 saturated carbocycles. The zero-order valence-corrected chi connectivity index (χ0v) is 12.3. The van der Waals surface area contributed by atoms with Crippen molar-refractivity contribution in [2.75, 3.05) is 0 Å². The molecule has 6 heteroatoms. The first kappa shape index (κ1) is 15.2. The van der Waals surface area contributed by atoms with Gasteiger partial charge in [-0.3, -0.25) is 4.98 Å². The molecule has 1 heterocycles. The standard InChI is InChI=1S/C15H15N3O2S/c1-12(15-8-4-5-9-17-15)18-21(19,20)11-14-7-3-2-6-13(14)10-16/h2-9,12,18H,11H2,1H3. The number of sulfonamides is 1. The monoisotopic (exact) mass is 301 g/mol. The number of nitrogens with one attached hydrogen (secondary N) is 1. The highest BCUT2D eigenvalue weighted by molar-refractivity contribution is 7.88. The molecule has 5 nitrogen and oxygen atoms in total. The van der Waals surface area contributed by atoms with Gasteiger partial charge >= 0.3 is 0 Å². The molecule has 2 rings (SSSR count).